The van der Waals surface area contributed by atoms with Gasteiger partial charge in [0.25, 0.3) is 0 Å². The van der Waals surface area contributed by atoms with Crippen LogP contribution in [-0.4, -0.2) is 39.5 Å². The Morgan fingerprint density at radius 1 is 1.32 bits per heavy atom. The highest BCUT2D eigenvalue weighted by atomic mass is 79.9. The molecule has 19 heavy (non-hydrogen) atoms. The predicted octanol–water partition coefficient (Wildman–Crippen LogP) is 3.47. The third-order valence-electron chi connectivity index (χ3n) is 2.80. The fraction of sp³-hybridized carbons (Fsp3) is 0.714. The lowest BCUT2D eigenvalue weighted by Crippen LogP contribution is -2.32. The van der Waals surface area contributed by atoms with E-state index in [9.17, 15) is 0 Å². The molecule has 1 heterocycles. The van der Waals surface area contributed by atoms with Crippen molar-refractivity contribution >= 4 is 27.3 Å². The van der Waals surface area contributed by atoms with Crippen LogP contribution < -0.4 is 5.32 Å². The summed E-state index contributed by atoms with van der Waals surface area (Å²) < 4.78 is 11.7. The summed E-state index contributed by atoms with van der Waals surface area (Å²) in [7, 11) is 1.70. The van der Waals surface area contributed by atoms with Crippen molar-refractivity contribution < 1.29 is 9.47 Å². The minimum atomic E-state index is 0.494. The normalized spacial score (nSPS) is 12.8. The molecule has 0 amide bonds. The number of rotatable bonds is 11. The number of thiophene rings is 1. The third kappa shape index (κ3) is 8.05. The van der Waals surface area contributed by atoms with E-state index in [4.69, 9.17) is 9.47 Å². The maximum Gasteiger partial charge on any atom is 0.0701 e. The number of methoxy groups -OCH3 is 1. The summed E-state index contributed by atoms with van der Waals surface area (Å²) in [6, 6.07) is 4.81. The van der Waals surface area contributed by atoms with E-state index in [1.54, 1.807) is 7.11 Å². The van der Waals surface area contributed by atoms with Gasteiger partial charge in [-0.25, -0.2) is 0 Å². The molecule has 5 heteroatoms. The minimum Gasteiger partial charge on any atom is -0.382 e. The second kappa shape index (κ2) is 10.8. The lowest BCUT2D eigenvalue weighted by atomic mass is 10.1. The first-order chi connectivity index (χ1) is 9.26. The number of hydrogen-bond donors (Lipinski definition) is 1. The second-order valence-electron chi connectivity index (χ2n) is 4.45. The van der Waals surface area contributed by atoms with E-state index < -0.39 is 0 Å². The molecule has 1 N–H and O–H groups in total. The van der Waals surface area contributed by atoms with Gasteiger partial charge >= 0.3 is 0 Å². The van der Waals surface area contributed by atoms with Crippen molar-refractivity contribution in [1.29, 1.82) is 0 Å². The molecule has 0 saturated carbocycles. The fourth-order valence-corrected chi connectivity index (χ4v) is 3.36. The van der Waals surface area contributed by atoms with E-state index in [-0.39, 0.29) is 0 Å². The van der Waals surface area contributed by atoms with E-state index in [0.717, 1.165) is 32.4 Å². The molecule has 0 fully saturated rings. The van der Waals surface area contributed by atoms with Gasteiger partial charge in [0.1, 0.15) is 0 Å². The first kappa shape index (κ1) is 17.1. The van der Waals surface area contributed by atoms with E-state index in [1.165, 1.54) is 8.66 Å². The highest BCUT2D eigenvalue weighted by Gasteiger charge is 2.10. The molecule has 0 aromatic carbocycles. The first-order valence-corrected chi connectivity index (χ1v) is 8.41. The quantitative estimate of drug-likeness (QED) is 0.620. The summed E-state index contributed by atoms with van der Waals surface area (Å²) >= 11 is 5.33. The van der Waals surface area contributed by atoms with Gasteiger partial charge in [-0.2, -0.15) is 0 Å². The van der Waals surface area contributed by atoms with Crippen LogP contribution in [0.3, 0.4) is 0 Å². The van der Waals surface area contributed by atoms with Crippen molar-refractivity contribution in [1.82, 2.24) is 5.32 Å². The molecule has 0 radical (unpaired) electrons. The smallest absolute Gasteiger partial charge is 0.0701 e. The topological polar surface area (TPSA) is 30.5 Å². The van der Waals surface area contributed by atoms with Gasteiger partial charge in [-0.15, -0.1) is 11.3 Å². The fourth-order valence-electron chi connectivity index (χ4n) is 1.80. The number of hydrogen-bond acceptors (Lipinski definition) is 4. The molecule has 1 aromatic heterocycles. The van der Waals surface area contributed by atoms with Gasteiger partial charge in [0.05, 0.1) is 17.0 Å². The summed E-state index contributed by atoms with van der Waals surface area (Å²) in [4.78, 5) is 1.41. The Bertz CT molecular complexity index is 333. The summed E-state index contributed by atoms with van der Waals surface area (Å²) in [6.07, 6.45) is 3.28. The van der Waals surface area contributed by atoms with Crippen LogP contribution in [0.1, 0.15) is 24.6 Å². The lowest BCUT2D eigenvalue weighted by molar-refractivity contribution is 0.0658. The van der Waals surface area contributed by atoms with Crippen LogP contribution in [0, 0.1) is 0 Å². The van der Waals surface area contributed by atoms with Gasteiger partial charge in [0, 0.05) is 24.6 Å². The molecule has 0 aliphatic rings. The van der Waals surface area contributed by atoms with Crippen molar-refractivity contribution in [2.24, 2.45) is 0 Å². The van der Waals surface area contributed by atoms with Crippen molar-refractivity contribution in [3.05, 3.63) is 20.8 Å². The molecule has 0 saturated heterocycles. The van der Waals surface area contributed by atoms with Crippen LogP contribution in [0.2, 0.25) is 0 Å². The molecular weight excluding hydrogens is 326 g/mol. The van der Waals surface area contributed by atoms with Gasteiger partial charge in [-0.3, -0.25) is 0 Å². The molecule has 0 spiro atoms. The van der Waals surface area contributed by atoms with Gasteiger partial charge in [-0.1, -0.05) is 6.92 Å². The zero-order valence-electron chi connectivity index (χ0n) is 11.8. The van der Waals surface area contributed by atoms with Crippen LogP contribution in [0.4, 0.5) is 0 Å². The zero-order chi connectivity index (χ0) is 13.9. The highest BCUT2D eigenvalue weighted by molar-refractivity contribution is 9.11. The number of halogens is 1. The van der Waals surface area contributed by atoms with Gasteiger partial charge in [-0.05, 0) is 53.9 Å². The largest absolute Gasteiger partial charge is 0.382 e. The average Bonchev–Trinajstić information content (AvgIpc) is 2.81. The molecule has 1 aromatic rings. The first-order valence-electron chi connectivity index (χ1n) is 6.80. The minimum absolute atomic E-state index is 0.494. The number of ether oxygens (including phenoxy) is 2. The summed E-state index contributed by atoms with van der Waals surface area (Å²) in [5.74, 6) is 0. The SMILES string of the molecule is CCCNC(CCOCCOC)Cc1ccc(Br)s1. The Morgan fingerprint density at radius 3 is 2.79 bits per heavy atom. The van der Waals surface area contributed by atoms with E-state index in [2.05, 4.69) is 40.3 Å². The lowest BCUT2D eigenvalue weighted by Gasteiger charge is -2.17. The summed E-state index contributed by atoms with van der Waals surface area (Å²) in [5, 5.41) is 3.60. The van der Waals surface area contributed by atoms with Crippen LogP contribution in [0.15, 0.2) is 15.9 Å². The third-order valence-corrected chi connectivity index (χ3v) is 4.45. The van der Waals surface area contributed by atoms with Gasteiger partial charge < -0.3 is 14.8 Å². The average molecular weight is 350 g/mol. The van der Waals surface area contributed by atoms with Gasteiger partial charge in [0.2, 0.25) is 0 Å². The molecular formula is C14H24BrNO2S. The molecule has 1 unspecified atom stereocenters. The van der Waals surface area contributed by atoms with Gasteiger partial charge in [0.15, 0.2) is 0 Å². The van der Waals surface area contributed by atoms with Crippen molar-refractivity contribution in [3.63, 3.8) is 0 Å². The standard InChI is InChI=1S/C14H24BrNO2S/c1-3-7-16-12(6-8-18-10-9-17-2)11-13-4-5-14(15)19-13/h4-5,12,16H,3,6-11H2,1-2H3. The van der Waals surface area contributed by atoms with E-state index in [1.807, 2.05) is 11.3 Å². The van der Waals surface area contributed by atoms with Crippen LogP contribution in [-0.2, 0) is 15.9 Å². The molecule has 1 atom stereocenters. The van der Waals surface area contributed by atoms with Crippen LogP contribution in [0.5, 0.6) is 0 Å². The van der Waals surface area contributed by atoms with Crippen molar-refractivity contribution in [2.75, 3.05) is 33.5 Å². The molecule has 3 nitrogen and oxygen atoms in total. The maximum absolute atomic E-state index is 5.56. The number of nitrogens with one attached hydrogen (secondary N) is 1. The summed E-state index contributed by atoms with van der Waals surface area (Å²) in [5.41, 5.74) is 0. The zero-order valence-corrected chi connectivity index (χ0v) is 14.2. The molecule has 0 aliphatic carbocycles. The Balaban J connectivity index is 2.29. The molecule has 1 rings (SSSR count). The summed E-state index contributed by atoms with van der Waals surface area (Å²) in [6.45, 7) is 5.40. The molecule has 0 bridgehead atoms. The van der Waals surface area contributed by atoms with Crippen molar-refractivity contribution in [3.8, 4) is 0 Å². The Kier molecular flexibility index (Phi) is 9.73. The maximum atomic E-state index is 5.56. The predicted molar refractivity (Wildman–Crippen MR) is 85.1 cm³/mol. The van der Waals surface area contributed by atoms with Crippen molar-refractivity contribution in [2.45, 2.75) is 32.2 Å². The van der Waals surface area contributed by atoms with E-state index in [0.29, 0.717) is 19.3 Å². The second-order valence-corrected chi connectivity index (χ2v) is 7.00. The van der Waals surface area contributed by atoms with E-state index >= 15 is 0 Å². The molecule has 0 aliphatic heterocycles. The highest BCUT2D eigenvalue weighted by Crippen LogP contribution is 2.23. The Labute approximate surface area is 128 Å². The Morgan fingerprint density at radius 2 is 2.16 bits per heavy atom. The Hall–Kier alpha value is 0.0600. The monoisotopic (exact) mass is 349 g/mol. The van der Waals surface area contributed by atoms with Crippen LogP contribution in [0.25, 0.3) is 0 Å². The molecule has 110 valence electrons. The van der Waals surface area contributed by atoms with Crippen LogP contribution >= 0.6 is 27.3 Å².